The fourth-order valence-electron chi connectivity index (χ4n) is 3.03. The van der Waals surface area contributed by atoms with Gasteiger partial charge >= 0.3 is 5.97 Å². The summed E-state index contributed by atoms with van der Waals surface area (Å²) in [5, 5.41) is 14.0. The van der Waals surface area contributed by atoms with E-state index >= 15 is 0 Å². The molecule has 0 saturated heterocycles. The minimum Gasteiger partial charge on any atom is -0.492 e. The number of fused-ring (bicyclic) bond motifs is 1. The van der Waals surface area contributed by atoms with E-state index in [0.717, 1.165) is 22.4 Å². The van der Waals surface area contributed by atoms with Gasteiger partial charge in [-0.1, -0.05) is 24.3 Å². The summed E-state index contributed by atoms with van der Waals surface area (Å²) in [6.45, 7) is 2.13. The van der Waals surface area contributed by atoms with Crippen molar-refractivity contribution in [1.82, 2.24) is 14.8 Å². The largest absolute Gasteiger partial charge is 0.492 e. The smallest absolute Gasteiger partial charge is 0.325 e. The van der Waals surface area contributed by atoms with Crippen molar-refractivity contribution in [3.63, 3.8) is 0 Å². The topological polar surface area (TPSA) is 90.4 Å². The summed E-state index contributed by atoms with van der Waals surface area (Å²) in [5.74, 6) is 1.10. The first-order valence-corrected chi connectivity index (χ1v) is 8.92. The second-order valence-electron chi connectivity index (χ2n) is 6.40. The Morgan fingerprint density at radius 2 is 2.00 bits per heavy atom. The minimum atomic E-state index is -0.939. The van der Waals surface area contributed by atoms with Crippen molar-refractivity contribution in [2.45, 2.75) is 19.9 Å². The SMILES string of the molecule is Cc1oc(-c2ccccc2)nc1CCOc1cccc2nn(CC(=O)O)cc12. The maximum atomic E-state index is 10.9. The van der Waals surface area contributed by atoms with E-state index in [1.165, 1.54) is 4.68 Å². The van der Waals surface area contributed by atoms with Crippen LogP contribution in [0.4, 0.5) is 0 Å². The highest BCUT2D eigenvalue weighted by molar-refractivity contribution is 5.85. The number of aromatic nitrogens is 3. The van der Waals surface area contributed by atoms with E-state index in [-0.39, 0.29) is 6.54 Å². The number of oxazole rings is 1. The van der Waals surface area contributed by atoms with Gasteiger partial charge in [0.25, 0.3) is 0 Å². The molecule has 0 aliphatic rings. The van der Waals surface area contributed by atoms with Crippen LogP contribution in [0.2, 0.25) is 0 Å². The van der Waals surface area contributed by atoms with Crippen molar-refractivity contribution in [2.75, 3.05) is 6.61 Å². The molecule has 0 spiro atoms. The zero-order valence-electron chi connectivity index (χ0n) is 15.3. The number of benzene rings is 2. The number of aryl methyl sites for hydroxylation is 1. The van der Waals surface area contributed by atoms with Crippen molar-refractivity contribution in [2.24, 2.45) is 0 Å². The molecule has 7 heteroatoms. The first-order chi connectivity index (χ1) is 13.6. The lowest BCUT2D eigenvalue weighted by Gasteiger charge is -2.05. The Labute approximate surface area is 161 Å². The molecular weight excluding hydrogens is 358 g/mol. The molecule has 7 nitrogen and oxygen atoms in total. The first-order valence-electron chi connectivity index (χ1n) is 8.92. The number of hydrogen-bond acceptors (Lipinski definition) is 5. The van der Waals surface area contributed by atoms with E-state index in [1.807, 2.05) is 55.5 Å². The van der Waals surface area contributed by atoms with Crippen LogP contribution in [-0.4, -0.2) is 32.4 Å². The Morgan fingerprint density at radius 1 is 1.18 bits per heavy atom. The lowest BCUT2D eigenvalue weighted by Crippen LogP contribution is -2.08. The summed E-state index contributed by atoms with van der Waals surface area (Å²) in [6.07, 6.45) is 2.29. The van der Waals surface area contributed by atoms with Crippen molar-refractivity contribution in [3.05, 3.63) is 66.2 Å². The summed E-state index contributed by atoms with van der Waals surface area (Å²) < 4.78 is 13.1. The molecule has 2 heterocycles. The van der Waals surface area contributed by atoms with E-state index in [2.05, 4.69) is 10.1 Å². The Balaban J connectivity index is 1.46. The average molecular weight is 377 g/mol. The van der Waals surface area contributed by atoms with Gasteiger partial charge in [0.15, 0.2) is 0 Å². The zero-order valence-corrected chi connectivity index (χ0v) is 15.3. The van der Waals surface area contributed by atoms with E-state index < -0.39 is 5.97 Å². The Bertz CT molecular complexity index is 1120. The van der Waals surface area contributed by atoms with Crippen LogP contribution in [0.1, 0.15) is 11.5 Å². The second kappa shape index (κ2) is 7.56. The summed E-state index contributed by atoms with van der Waals surface area (Å²) in [4.78, 5) is 15.5. The fourth-order valence-corrected chi connectivity index (χ4v) is 3.03. The van der Waals surface area contributed by atoms with E-state index in [9.17, 15) is 4.79 Å². The molecule has 0 bridgehead atoms. The predicted molar refractivity (Wildman–Crippen MR) is 103 cm³/mol. The maximum absolute atomic E-state index is 10.9. The van der Waals surface area contributed by atoms with Crippen LogP contribution >= 0.6 is 0 Å². The van der Waals surface area contributed by atoms with Crippen molar-refractivity contribution in [1.29, 1.82) is 0 Å². The van der Waals surface area contributed by atoms with Crippen molar-refractivity contribution < 1.29 is 19.1 Å². The summed E-state index contributed by atoms with van der Waals surface area (Å²) in [5.41, 5.74) is 2.49. The van der Waals surface area contributed by atoms with Gasteiger partial charge in [0, 0.05) is 18.2 Å². The summed E-state index contributed by atoms with van der Waals surface area (Å²) in [6, 6.07) is 15.3. The maximum Gasteiger partial charge on any atom is 0.325 e. The van der Waals surface area contributed by atoms with Crippen LogP contribution in [0.5, 0.6) is 5.75 Å². The Kier molecular flexibility index (Phi) is 4.80. The molecule has 0 aliphatic heterocycles. The van der Waals surface area contributed by atoms with Crippen molar-refractivity contribution in [3.8, 4) is 17.2 Å². The van der Waals surface area contributed by atoms with Gasteiger partial charge in [-0.2, -0.15) is 5.10 Å². The third-order valence-corrected chi connectivity index (χ3v) is 4.36. The van der Waals surface area contributed by atoms with Gasteiger partial charge < -0.3 is 14.3 Å². The standard InChI is InChI=1S/C21H19N3O4/c1-14-17(22-21(28-14)15-6-3-2-4-7-15)10-11-27-19-9-5-8-18-16(19)12-24(23-18)13-20(25)26/h2-9,12H,10-11,13H2,1H3,(H,25,26). The number of aliphatic carboxylic acids is 1. The normalized spacial score (nSPS) is 11.0. The number of nitrogens with zero attached hydrogens (tertiary/aromatic N) is 3. The molecular formula is C21H19N3O4. The van der Waals surface area contributed by atoms with E-state index in [4.69, 9.17) is 14.3 Å². The minimum absolute atomic E-state index is 0.186. The van der Waals surface area contributed by atoms with Crippen LogP contribution in [0.3, 0.4) is 0 Å². The molecule has 142 valence electrons. The molecule has 2 aromatic heterocycles. The van der Waals surface area contributed by atoms with Crippen molar-refractivity contribution >= 4 is 16.9 Å². The highest BCUT2D eigenvalue weighted by Gasteiger charge is 2.13. The molecule has 1 N–H and O–H groups in total. The summed E-state index contributed by atoms with van der Waals surface area (Å²) in [7, 11) is 0. The van der Waals surface area contributed by atoms with E-state index in [1.54, 1.807) is 6.20 Å². The number of carboxylic acid groups (broad SMARTS) is 1. The molecule has 0 saturated carbocycles. The van der Waals surface area contributed by atoms with Gasteiger partial charge in [0.2, 0.25) is 5.89 Å². The molecule has 0 amide bonds. The summed E-state index contributed by atoms with van der Waals surface area (Å²) >= 11 is 0. The number of carboxylic acids is 1. The zero-order chi connectivity index (χ0) is 19.5. The van der Waals surface area contributed by atoms with Crippen LogP contribution in [-0.2, 0) is 17.8 Å². The van der Waals surface area contributed by atoms with Gasteiger partial charge in [0.05, 0.1) is 23.2 Å². The quantitative estimate of drug-likeness (QED) is 0.528. The van der Waals surface area contributed by atoms with Crippen LogP contribution in [0.25, 0.3) is 22.4 Å². The molecule has 0 radical (unpaired) electrons. The number of hydrogen-bond donors (Lipinski definition) is 1. The number of rotatable bonds is 7. The van der Waals surface area contributed by atoms with Gasteiger partial charge in [-0.15, -0.1) is 0 Å². The lowest BCUT2D eigenvalue weighted by atomic mass is 10.2. The second-order valence-corrected chi connectivity index (χ2v) is 6.40. The molecule has 0 atom stereocenters. The van der Waals surface area contributed by atoms with E-state index in [0.29, 0.717) is 30.2 Å². The van der Waals surface area contributed by atoms with Crippen LogP contribution in [0.15, 0.2) is 59.1 Å². The third-order valence-electron chi connectivity index (χ3n) is 4.36. The Hall–Kier alpha value is -3.61. The third kappa shape index (κ3) is 3.73. The van der Waals surface area contributed by atoms with Gasteiger partial charge in [-0.3, -0.25) is 9.48 Å². The van der Waals surface area contributed by atoms with Gasteiger partial charge in [0.1, 0.15) is 18.1 Å². The molecule has 4 aromatic rings. The predicted octanol–water partition coefficient (Wildman–Crippen LogP) is 3.71. The average Bonchev–Trinajstić information content (AvgIpc) is 3.25. The lowest BCUT2D eigenvalue weighted by molar-refractivity contribution is -0.137. The molecule has 0 fully saturated rings. The van der Waals surface area contributed by atoms with Gasteiger partial charge in [-0.25, -0.2) is 4.98 Å². The fraction of sp³-hybridized carbons (Fsp3) is 0.190. The number of carbonyl (C=O) groups is 1. The highest BCUT2D eigenvalue weighted by Crippen LogP contribution is 2.25. The molecule has 28 heavy (non-hydrogen) atoms. The van der Waals surface area contributed by atoms with Gasteiger partial charge in [-0.05, 0) is 31.2 Å². The molecule has 4 rings (SSSR count). The molecule has 0 aliphatic carbocycles. The monoisotopic (exact) mass is 377 g/mol. The number of ether oxygens (including phenoxy) is 1. The Morgan fingerprint density at radius 3 is 2.79 bits per heavy atom. The molecule has 0 unspecified atom stereocenters. The highest BCUT2D eigenvalue weighted by atomic mass is 16.5. The van der Waals surface area contributed by atoms with Crippen LogP contribution < -0.4 is 4.74 Å². The molecule has 2 aromatic carbocycles. The first kappa shape index (κ1) is 17.8. The van der Waals surface area contributed by atoms with Crippen LogP contribution in [0, 0.1) is 6.92 Å².